The smallest absolute Gasteiger partial charge is 0.303 e. The van der Waals surface area contributed by atoms with E-state index in [9.17, 15) is 9.59 Å². The van der Waals surface area contributed by atoms with Gasteiger partial charge in [0, 0.05) is 28.0 Å². The van der Waals surface area contributed by atoms with Crippen LogP contribution in [-0.2, 0) is 17.6 Å². The van der Waals surface area contributed by atoms with Crippen molar-refractivity contribution >= 4 is 40.1 Å². The molecule has 6 nitrogen and oxygen atoms in total. The van der Waals surface area contributed by atoms with Gasteiger partial charge in [-0.25, -0.2) is 0 Å². The van der Waals surface area contributed by atoms with Crippen LogP contribution < -0.4 is 5.32 Å². The lowest BCUT2D eigenvalue weighted by molar-refractivity contribution is -0.136. The lowest BCUT2D eigenvalue weighted by atomic mass is 9.97. The molecule has 34 heavy (non-hydrogen) atoms. The maximum absolute atomic E-state index is 13.1. The number of amides is 1. The van der Waals surface area contributed by atoms with Gasteiger partial charge in [-0.2, -0.15) is 5.10 Å². The van der Waals surface area contributed by atoms with Crippen molar-refractivity contribution in [3.8, 4) is 11.1 Å². The van der Waals surface area contributed by atoms with Crippen molar-refractivity contribution < 1.29 is 14.7 Å². The summed E-state index contributed by atoms with van der Waals surface area (Å²) >= 11 is 6.49. The molecule has 0 spiro atoms. The van der Waals surface area contributed by atoms with Crippen LogP contribution in [0.4, 0.5) is 5.69 Å². The molecule has 0 saturated heterocycles. The molecule has 0 aliphatic heterocycles. The standard InChI is InChI=1S/C27H26ClN3O3/c1-16(2)11-17-3-5-18(6-4-17)27(34)30-25-14-23(28)20(8-10-26(32)33)13-22(25)19-7-9-24-21(12-19)15-29-31-24/h3-7,9,12-16H,8,10-11H2,1-2H3,(H,29,31)(H,30,34)(H,32,33). The largest absolute Gasteiger partial charge is 0.481 e. The fraction of sp³-hybridized carbons (Fsp3) is 0.222. The van der Waals surface area contributed by atoms with Crippen LogP contribution in [0, 0.1) is 5.92 Å². The fourth-order valence-corrected chi connectivity index (χ4v) is 4.22. The van der Waals surface area contributed by atoms with Crippen LogP contribution >= 0.6 is 11.6 Å². The van der Waals surface area contributed by atoms with Gasteiger partial charge in [-0.1, -0.05) is 43.6 Å². The van der Waals surface area contributed by atoms with E-state index in [1.807, 2.05) is 48.5 Å². The first-order chi connectivity index (χ1) is 16.3. The van der Waals surface area contributed by atoms with Crippen LogP contribution in [-0.4, -0.2) is 27.2 Å². The Labute approximate surface area is 203 Å². The molecule has 1 heterocycles. The summed E-state index contributed by atoms with van der Waals surface area (Å²) in [7, 11) is 0. The summed E-state index contributed by atoms with van der Waals surface area (Å²) in [6.45, 7) is 4.32. The van der Waals surface area contributed by atoms with Crippen LogP contribution in [0.3, 0.4) is 0 Å². The van der Waals surface area contributed by atoms with Crippen molar-refractivity contribution in [2.45, 2.75) is 33.1 Å². The minimum atomic E-state index is -0.893. The Bertz CT molecular complexity index is 1340. The van der Waals surface area contributed by atoms with Crippen LogP contribution in [0.2, 0.25) is 5.02 Å². The van der Waals surface area contributed by atoms with Crippen LogP contribution in [0.1, 0.15) is 41.8 Å². The van der Waals surface area contributed by atoms with Crippen molar-refractivity contribution in [3.63, 3.8) is 0 Å². The number of carboxylic acid groups (broad SMARTS) is 1. The van der Waals surface area contributed by atoms with E-state index < -0.39 is 5.97 Å². The summed E-state index contributed by atoms with van der Waals surface area (Å²) in [4.78, 5) is 24.2. The van der Waals surface area contributed by atoms with Crippen LogP contribution in [0.15, 0.2) is 60.8 Å². The van der Waals surface area contributed by atoms with E-state index in [0.29, 0.717) is 34.2 Å². The second-order valence-corrected chi connectivity index (χ2v) is 9.21. The highest BCUT2D eigenvalue weighted by atomic mass is 35.5. The molecule has 3 aromatic carbocycles. The second kappa shape index (κ2) is 10.1. The average molecular weight is 476 g/mol. The number of carbonyl (C=O) groups excluding carboxylic acids is 1. The Hall–Kier alpha value is -3.64. The van der Waals surface area contributed by atoms with E-state index in [4.69, 9.17) is 16.7 Å². The number of hydrogen-bond acceptors (Lipinski definition) is 3. The molecule has 0 fully saturated rings. The number of aryl methyl sites for hydroxylation is 1. The Morgan fingerprint density at radius 1 is 1.09 bits per heavy atom. The van der Waals surface area contributed by atoms with Gasteiger partial charge in [0.05, 0.1) is 17.4 Å². The van der Waals surface area contributed by atoms with Crippen molar-refractivity contribution in [2.75, 3.05) is 5.32 Å². The third kappa shape index (κ3) is 5.46. The molecule has 0 atom stereocenters. The topological polar surface area (TPSA) is 95.1 Å². The van der Waals surface area contributed by atoms with E-state index in [2.05, 4.69) is 29.4 Å². The number of carboxylic acids is 1. The third-order valence-electron chi connectivity index (χ3n) is 5.65. The number of benzene rings is 3. The third-order valence-corrected chi connectivity index (χ3v) is 6.01. The number of fused-ring (bicyclic) bond motifs is 1. The van der Waals surface area contributed by atoms with Crippen molar-refractivity contribution in [1.82, 2.24) is 10.2 Å². The maximum atomic E-state index is 13.1. The van der Waals surface area contributed by atoms with Gasteiger partial charge < -0.3 is 10.4 Å². The molecule has 7 heteroatoms. The minimum Gasteiger partial charge on any atom is -0.481 e. The number of rotatable bonds is 8. The molecule has 4 rings (SSSR count). The molecule has 0 unspecified atom stereocenters. The number of nitrogens with zero attached hydrogens (tertiary/aromatic N) is 1. The molecule has 0 radical (unpaired) electrons. The number of nitrogens with one attached hydrogen (secondary N) is 2. The molecule has 0 aliphatic carbocycles. The Balaban J connectivity index is 1.69. The SMILES string of the molecule is CC(C)Cc1ccc(C(=O)Nc2cc(Cl)c(CCC(=O)O)cc2-c2ccc3[nH]ncc3c2)cc1. The van der Waals surface area contributed by atoms with Gasteiger partial charge in [0.1, 0.15) is 0 Å². The van der Waals surface area contributed by atoms with E-state index >= 15 is 0 Å². The summed E-state index contributed by atoms with van der Waals surface area (Å²) in [5.74, 6) is -0.594. The van der Waals surface area contributed by atoms with E-state index in [-0.39, 0.29) is 12.3 Å². The first-order valence-electron chi connectivity index (χ1n) is 11.2. The number of halogens is 1. The van der Waals surface area contributed by atoms with Crippen LogP contribution in [0.5, 0.6) is 0 Å². The van der Waals surface area contributed by atoms with Crippen molar-refractivity contribution in [3.05, 3.63) is 82.5 Å². The first kappa shape index (κ1) is 23.5. The van der Waals surface area contributed by atoms with E-state index in [0.717, 1.165) is 28.5 Å². The lowest BCUT2D eigenvalue weighted by Crippen LogP contribution is -2.13. The van der Waals surface area contributed by atoms with E-state index in [1.165, 1.54) is 5.56 Å². The molecule has 0 aliphatic rings. The normalized spacial score (nSPS) is 11.2. The highest BCUT2D eigenvalue weighted by Crippen LogP contribution is 2.35. The molecule has 1 amide bonds. The lowest BCUT2D eigenvalue weighted by Gasteiger charge is -2.15. The summed E-state index contributed by atoms with van der Waals surface area (Å²) in [5.41, 5.74) is 5.53. The summed E-state index contributed by atoms with van der Waals surface area (Å²) in [6, 6.07) is 17.0. The number of hydrogen-bond donors (Lipinski definition) is 3. The average Bonchev–Trinajstić information content (AvgIpc) is 3.26. The number of aliphatic carboxylic acids is 1. The predicted molar refractivity (Wildman–Crippen MR) is 135 cm³/mol. The number of aromatic amines is 1. The molecular weight excluding hydrogens is 450 g/mol. The Kier molecular flexibility index (Phi) is 6.98. The molecule has 4 aromatic rings. The molecule has 0 saturated carbocycles. The number of aromatic nitrogens is 2. The molecule has 1 aromatic heterocycles. The molecule has 3 N–H and O–H groups in total. The minimum absolute atomic E-state index is 0.0334. The van der Waals surface area contributed by atoms with Gasteiger partial charge in [-0.05, 0) is 71.8 Å². The summed E-state index contributed by atoms with van der Waals surface area (Å²) in [5, 5.41) is 20.4. The Morgan fingerprint density at radius 2 is 1.85 bits per heavy atom. The summed E-state index contributed by atoms with van der Waals surface area (Å²) < 4.78 is 0. The van der Waals surface area contributed by atoms with Gasteiger partial charge in [-0.15, -0.1) is 0 Å². The van der Waals surface area contributed by atoms with Gasteiger partial charge in [0.15, 0.2) is 0 Å². The number of H-pyrrole nitrogens is 1. The summed E-state index contributed by atoms with van der Waals surface area (Å²) in [6.07, 6.45) is 2.95. The molecule has 174 valence electrons. The van der Waals surface area contributed by atoms with Gasteiger partial charge in [0.2, 0.25) is 0 Å². The predicted octanol–water partition coefficient (Wildman–Crippen LogP) is 6.35. The van der Waals surface area contributed by atoms with E-state index in [1.54, 1.807) is 12.3 Å². The van der Waals surface area contributed by atoms with Gasteiger partial charge in [0.25, 0.3) is 5.91 Å². The zero-order valence-corrected chi connectivity index (χ0v) is 19.8. The fourth-order valence-electron chi connectivity index (χ4n) is 3.96. The monoisotopic (exact) mass is 475 g/mol. The zero-order valence-electron chi connectivity index (χ0n) is 19.1. The number of anilines is 1. The van der Waals surface area contributed by atoms with Crippen molar-refractivity contribution in [2.24, 2.45) is 5.92 Å². The second-order valence-electron chi connectivity index (χ2n) is 8.80. The van der Waals surface area contributed by atoms with Gasteiger partial charge in [-0.3, -0.25) is 14.7 Å². The zero-order chi connectivity index (χ0) is 24.2. The molecular formula is C27H26ClN3O3. The quantitative estimate of drug-likeness (QED) is 0.276. The Morgan fingerprint density at radius 3 is 2.56 bits per heavy atom. The number of carbonyl (C=O) groups is 2. The van der Waals surface area contributed by atoms with Crippen molar-refractivity contribution in [1.29, 1.82) is 0 Å². The highest BCUT2D eigenvalue weighted by Gasteiger charge is 2.16. The first-order valence-corrected chi connectivity index (χ1v) is 11.6. The van der Waals surface area contributed by atoms with Crippen LogP contribution in [0.25, 0.3) is 22.0 Å². The van der Waals surface area contributed by atoms with Gasteiger partial charge >= 0.3 is 5.97 Å². The maximum Gasteiger partial charge on any atom is 0.303 e. The highest BCUT2D eigenvalue weighted by molar-refractivity contribution is 6.32. The molecule has 0 bridgehead atoms.